The number of hydrogen-bond acceptors (Lipinski definition) is 3. The van der Waals surface area contributed by atoms with E-state index < -0.39 is 39.3 Å². The summed E-state index contributed by atoms with van der Waals surface area (Å²) in [5.41, 5.74) is -0.137. The molecule has 0 atom stereocenters. The van der Waals surface area contributed by atoms with Crippen LogP contribution in [0.2, 0.25) is 5.02 Å². The van der Waals surface area contributed by atoms with E-state index in [0.717, 1.165) is 30.3 Å². The van der Waals surface area contributed by atoms with Gasteiger partial charge in [0.15, 0.2) is 0 Å². The predicted octanol–water partition coefficient (Wildman–Crippen LogP) is 3.80. The van der Waals surface area contributed by atoms with Crippen LogP contribution in [-0.4, -0.2) is 31.7 Å². The lowest BCUT2D eigenvalue weighted by molar-refractivity contribution is -0.120. The second-order valence-electron chi connectivity index (χ2n) is 6.37. The van der Waals surface area contributed by atoms with Crippen LogP contribution < -0.4 is 5.32 Å². The molecule has 0 aromatic heterocycles. The van der Waals surface area contributed by atoms with Crippen LogP contribution in [0.1, 0.15) is 12.8 Å². The number of anilines is 1. The van der Waals surface area contributed by atoms with Gasteiger partial charge in [0.25, 0.3) is 0 Å². The van der Waals surface area contributed by atoms with Gasteiger partial charge in [-0.3, -0.25) is 4.79 Å². The molecule has 0 saturated carbocycles. The van der Waals surface area contributed by atoms with Crippen molar-refractivity contribution >= 4 is 33.2 Å². The number of rotatable bonds is 4. The maximum absolute atomic E-state index is 13.7. The van der Waals surface area contributed by atoms with Crippen LogP contribution in [0.25, 0.3) is 0 Å². The van der Waals surface area contributed by atoms with Crippen molar-refractivity contribution in [1.82, 2.24) is 4.31 Å². The highest BCUT2D eigenvalue weighted by atomic mass is 35.5. The minimum absolute atomic E-state index is 0.0707. The molecule has 10 heteroatoms. The van der Waals surface area contributed by atoms with Crippen molar-refractivity contribution < 1.29 is 26.4 Å². The third kappa shape index (κ3) is 4.31. The smallest absolute Gasteiger partial charge is 0.243 e. The monoisotopic (exact) mass is 432 g/mol. The predicted molar refractivity (Wildman–Crippen MR) is 97.9 cm³/mol. The average molecular weight is 433 g/mol. The molecule has 1 fully saturated rings. The first-order valence-corrected chi connectivity index (χ1v) is 10.2. The number of piperidine rings is 1. The maximum Gasteiger partial charge on any atom is 0.243 e. The van der Waals surface area contributed by atoms with Crippen molar-refractivity contribution in [1.29, 1.82) is 0 Å². The molecule has 1 N–H and O–H groups in total. The zero-order valence-electron chi connectivity index (χ0n) is 14.5. The number of amides is 1. The van der Waals surface area contributed by atoms with Crippen LogP contribution in [0.5, 0.6) is 0 Å². The highest BCUT2D eigenvalue weighted by molar-refractivity contribution is 7.89. The summed E-state index contributed by atoms with van der Waals surface area (Å²) >= 11 is 5.66. The molecule has 0 aliphatic carbocycles. The third-order valence-corrected chi connectivity index (χ3v) is 6.73. The number of halogens is 4. The van der Waals surface area contributed by atoms with E-state index in [-0.39, 0.29) is 41.5 Å². The molecule has 1 saturated heterocycles. The van der Waals surface area contributed by atoms with Crippen LogP contribution in [0.15, 0.2) is 41.3 Å². The Labute approximate surface area is 165 Å². The number of carbonyl (C=O) groups is 1. The summed E-state index contributed by atoms with van der Waals surface area (Å²) in [5, 5.41) is 2.10. The number of sulfonamides is 1. The Morgan fingerprint density at radius 2 is 1.71 bits per heavy atom. The Balaban J connectivity index is 1.64. The molecule has 2 aromatic rings. The normalized spacial score (nSPS) is 16.1. The van der Waals surface area contributed by atoms with Gasteiger partial charge in [-0.2, -0.15) is 4.31 Å². The lowest BCUT2D eigenvalue weighted by Gasteiger charge is -2.30. The molecule has 0 spiro atoms. The molecule has 5 nitrogen and oxygen atoms in total. The van der Waals surface area contributed by atoms with Crippen LogP contribution in [-0.2, 0) is 14.8 Å². The molecule has 3 rings (SSSR count). The lowest BCUT2D eigenvalue weighted by atomic mass is 9.97. The summed E-state index contributed by atoms with van der Waals surface area (Å²) < 4.78 is 66.4. The van der Waals surface area contributed by atoms with Crippen LogP contribution >= 0.6 is 11.6 Å². The molecule has 0 radical (unpaired) electrons. The summed E-state index contributed by atoms with van der Waals surface area (Å²) in [6.45, 7) is 0.141. The third-order valence-electron chi connectivity index (χ3n) is 4.54. The van der Waals surface area contributed by atoms with Gasteiger partial charge in [0.1, 0.15) is 17.5 Å². The van der Waals surface area contributed by atoms with E-state index in [4.69, 9.17) is 11.6 Å². The second-order valence-corrected chi connectivity index (χ2v) is 8.71. The molecule has 2 aromatic carbocycles. The fraction of sp³-hybridized carbons (Fsp3) is 0.278. The molecular weight excluding hydrogens is 417 g/mol. The number of benzene rings is 2. The van der Waals surface area contributed by atoms with Crippen LogP contribution in [0.4, 0.5) is 18.9 Å². The summed E-state index contributed by atoms with van der Waals surface area (Å²) in [4.78, 5) is 12.2. The van der Waals surface area contributed by atoms with Gasteiger partial charge in [-0.25, -0.2) is 21.6 Å². The van der Waals surface area contributed by atoms with Gasteiger partial charge in [0, 0.05) is 25.1 Å². The largest absolute Gasteiger partial charge is 0.323 e. The summed E-state index contributed by atoms with van der Waals surface area (Å²) in [7, 11) is -3.87. The van der Waals surface area contributed by atoms with Gasteiger partial charge in [0.2, 0.25) is 15.9 Å². The Bertz CT molecular complexity index is 1010. The van der Waals surface area contributed by atoms with Crippen molar-refractivity contribution in [3.63, 3.8) is 0 Å². The Morgan fingerprint density at radius 1 is 1.04 bits per heavy atom. The van der Waals surface area contributed by atoms with Crippen LogP contribution in [0.3, 0.4) is 0 Å². The number of hydrogen-bond donors (Lipinski definition) is 1. The van der Waals surface area contributed by atoms with E-state index in [1.165, 1.54) is 4.31 Å². The molecule has 0 unspecified atom stereocenters. The number of carbonyl (C=O) groups excluding carboxylic acids is 1. The fourth-order valence-electron chi connectivity index (χ4n) is 2.97. The molecule has 1 aliphatic rings. The summed E-state index contributed by atoms with van der Waals surface area (Å²) in [6, 6.07) is 5.97. The quantitative estimate of drug-likeness (QED) is 0.799. The second kappa shape index (κ2) is 8.10. The van der Waals surface area contributed by atoms with Crippen molar-refractivity contribution in [2.45, 2.75) is 17.7 Å². The maximum atomic E-state index is 13.7. The van der Waals surface area contributed by atoms with E-state index >= 15 is 0 Å². The molecule has 0 bridgehead atoms. The fourth-order valence-corrected chi connectivity index (χ4v) is 4.71. The molecule has 150 valence electrons. The van der Waals surface area contributed by atoms with Gasteiger partial charge < -0.3 is 5.32 Å². The van der Waals surface area contributed by atoms with E-state index in [1.54, 1.807) is 0 Å². The zero-order chi connectivity index (χ0) is 20.5. The number of nitrogens with zero attached hydrogens (tertiary/aromatic N) is 1. The van der Waals surface area contributed by atoms with Crippen molar-refractivity contribution in [3.05, 3.63) is 58.9 Å². The van der Waals surface area contributed by atoms with Gasteiger partial charge >= 0.3 is 0 Å². The first-order valence-electron chi connectivity index (χ1n) is 8.39. The van der Waals surface area contributed by atoms with Crippen molar-refractivity contribution in [2.75, 3.05) is 18.4 Å². The average Bonchev–Trinajstić information content (AvgIpc) is 2.66. The zero-order valence-corrected chi connectivity index (χ0v) is 16.0. The highest BCUT2D eigenvalue weighted by Gasteiger charge is 2.32. The first kappa shape index (κ1) is 20.6. The summed E-state index contributed by atoms with van der Waals surface area (Å²) in [6.07, 6.45) is 0.450. The molecule has 28 heavy (non-hydrogen) atoms. The van der Waals surface area contributed by atoms with E-state index in [1.807, 2.05) is 0 Å². The van der Waals surface area contributed by atoms with E-state index in [9.17, 15) is 26.4 Å². The Morgan fingerprint density at radius 3 is 2.32 bits per heavy atom. The Hall–Kier alpha value is -2.10. The highest BCUT2D eigenvalue weighted by Crippen LogP contribution is 2.27. The first-order chi connectivity index (χ1) is 13.2. The molecule has 1 heterocycles. The molecular formula is C18H16ClF3N2O3S. The minimum Gasteiger partial charge on any atom is -0.323 e. The standard InChI is InChI=1S/C18H16ClF3N2O3S/c19-14-10-13(2-3-15(14)21)28(26,27)24-7-5-11(6-8-24)18(25)23-17-4-1-12(20)9-16(17)22/h1-4,9-11H,5-8H2,(H,23,25). The minimum atomic E-state index is -3.87. The number of nitrogens with one attached hydrogen (secondary N) is 1. The molecule has 1 aliphatic heterocycles. The van der Waals surface area contributed by atoms with Crippen LogP contribution in [0, 0.1) is 23.4 Å². The van der Waals surface area contributed by atoms with E-state index in [0.29, 0.717) is 6.07 Å². The van der Waals surface area contributed by atoms with Crippen molar-refractivity contribution in [2.24, 2.45) is 5.92 Å². The van der Waals surface area contributed by atoms with Gasteiger partial charge in [-0.15, -0.1) is 0 Å². The van der Waals surface area contributed by atoms with Gasteiger partial charge in [-0.05, 0) is 43.2 Å². The summed E-state index contributed by atoms with van der Waals surface area (Å²) in [5.74, 6) is -3.35. The van der Waals surface area contributed by atoms with Gasteiger partial charge in [-0.1, -0.05) is 11.6 Å². The Kier molecular flexibility index (Phi) is 5.97. The lowest BCUT2D eigenvalue weighted by Crippen LogP contribution is -2.41. The van der Waals surface area contributed by atoms with E-state index in [2.05, 4.69) is 5.32 Å². The van der Waals surface area contributed by atoms with Gasteiger partial charge in [0.05, 0.1) is 15.6 Å². The topological polar surface area (TPSA) is 66.5 Å². The van der Waals surface area contributed by atoms with Crippen molar-refractivity contribution in [3.8, 4) is 0 Å². The molecule has 1 amide bonds. The SMILES string of the molecule is O=C(Nc1ccc(F)cc1F)C1CCN(S(=O)(=O)c2ccc(F)c(Cl)c2)CC1.